The van der Waals surface area contributed by atoms with Crippen molar-refractivity contribution in [1.82, 2.24) is 9.13 Å². The van der Waals surface area contributed by atoms with Crippen molar-refractivity contribution < 1.29 is 0 Å². The molecule has 4 nitrogen and oxygen atoms in total. The second-order valence-corrected chi connectivity index (χ2v) is 15.9. The fourth-order valence-corrected chi connectivity index (χ4v) is 9.65. The third-order valence-corrected chi connectivity index (χ3v) is 12.4. The Morgan fingerprint density at radius 2 is 1.12 bits per heavy atom. The molecule has 1 aliphatic carbocycles. The maximum atomic E-state index is 5.61. The molecule has 9 aromatic rings. The van der Waals surface area contributed by atoms with Crippen LogP contribution in [0.15, 0.2) is 179 Å². The van der Waals surface area contributed by atoms with E-state index in [1.54, 1.807) is 0 Å². The number of allylic oxidation sites excluding steroid dienone is 1. The first-order valence-corrected chi connectivity index (χ1v) is 19.6. The molecule has 2 aromatic heterocycles. The van der Waals surface area contributed by atoms with Crippen molar-refractivity contribution in [3.63, 3.8) is 0 Å². The van der Waals surface area contributed by atoms with Crippen LogP contribution in [0.25, 0.3) is 66.1 Å². The Morgan fingerprint density at radius 1 is 0.518 bits per heavy atom. The van der Waals surface area contributed by atoms with E-state index in [9.17, 15) is 0 Å². The number of rotatable bonds is 3. The number of para-hydroxylation sites is 3. The Kier molecular flexibility index (Phi) is 7.06. The molecular formula is C52H40N4. The highest BCUT2D eigenvalue weighted by Gasteiger charge is 2.38. The molecule has 0 fully saturated rings. The third-order valence-electron chi connectivity index (χ3n) is 12.4. The highest BCUT2D eigenvalue weighted by Crippen LogP contribution is 2.53. The fourth-order valence-electron chi connectivity index (χ4n) is 9.65. The second-order valence-electron chi connectivity index (χ2n) is 15.9. The van der Waals surface area contributed by atoms with Gasteiger partial charge in [0, 0.05) is 49.7 Å². The summed E-state index contributed by atoms with van der Waals surface area (Å²) in [5.41, 5.74) is 15.3. The average molecular weight is 721 g/mol. The van der Waals surface area contributed by atoms with Gasteiger partial charge in [0.25, 0.3) is 0 Å². The van der Waals surface area contributed by atoms with Gasteiger partial charge in [0.1, 0.15) is 5.84 Å². The summed E-state index contributed by atoms with van der Waals surface area (Å²) >= 11 is 0. The Bertz CT molecular complexity index is 3130. The van der Waals surface area contributed by atoms with Gasteiger partial charge in [-0.15, -0.1) is 0 Å². The molecule has 0 amide bonds. The maximum absolute atomic E-state index is 5.61. The minimum Gasteiger partial charge on any atom is -0.309 e. The van der Waals surface area contributed by atoms with E-state index in [2.05, 4.69) is 201 Å². The van der Waals surface area contributed by atoms with E-state index in [1.807, 2.05) is 0 Å². The van der Waals surface area contributed by atoms with E-state index >= 15 is 0 Å². The lowest BCUT2D eigenvalue weighted by Crippen LogP contribution is -2.22. The third kappa shape index (κ3) is 4.59. The Labute approximate surface area is 326 Å². The zero-order valence-electron chi connectivity index (χ0n) is 32.0. The van der Waals surface area contributed by atoms with Gasteiger partial charge in [-0.1, -0.05) is 148 Å². The molecule has 0 spiro atoms. The number of hydrogen-bond acceptors (Lipinski definition) is 2. The average Bonchev–Trinajstić information content (AvgIpc) is 3.80. The zero-order valence-corrected chi connectivity index (χ0v) is 32.0. The molecule has 1 aliphatic heterocycles. The van der Waals surface area contributed by atoms with Gasteiger partial charge in [-0.3, -0.25) is 4.57 Å². The molecule has 0 saturated carbocycles. The minimum absolute atomic E-state index is 0.0132. The molecule has 3 heterocycles. The van der Waals surface area contributed by atoms with Crippen molar-refractivity contribution in [3.8, 4) is 16.8 Å². The van der Waals surface area contributed by atoms with E-state index in [0.717, 1.165) is 39.4 Å². The van der Waals surface area contributed by atoms with Gasteiger partial charge in [-0.25, -0.2) is 9.98 Å². The number of benzene rings is 7. The van der Waals surface area contributed by atoms with Crippen molar-refractivity contribution >= 4 is 61.0 Å². The number of amidine groups is 1. The predicted molar refractivity (Wildman–Crippen MR) is 235 cm³/mol. The van der Waals surface area contributed by atoms with Crippen LogP contribution in [-0.4, -0.2) is 20.8 Å². The minimum atomic E-state index is -0.135. The highest BCUT2D eigenvalue weighted by molar-refractivity contribution is 6.19. The van der Waals surface area contributed by atoms with Crippen molar-refractivity contribution in [2.24, 2.45) is 15.9 Å². The Morgan fingerprint density at radius 3 is 1.86 bits per heavy atom. The van der Waals surface area contributed by atoms with Crippen LogP contribution < -0.4 is 0 Å². The molecular weight excluding hydrogens is 681 g/mol. The predicted octanol–water partition coefficient (Wildman–Crippen LogP) is 13.0. The fraction of sp³-hybridized carbons (Fsp3) is 0.115. The first-order chi connectivity index (χ1) is 27.4. The number of nitrogens with zero attached hydrogens (tertiary/aromatic N) is 4. The Balaban J connectivity index is 1.16. The summed E-state index contributed by atoms with van der Waals surface area (Å²) in [6, 6.07) is 59.2. The standard InChI is InChI=1S/C52H40N4/c1-32-33(2)51(56-43-26-13-9-22-38(43)39-23-10-14-27-44(39)56)54-50(53-49(32)34-17-6-5-7-18-34)35-19-16-20-36(31-35)55-45-28-15-11-24-41(45)47-46(55)30-29-40-37-21-8-12-25-42(37)52(3,4)48(40)47/h5-31,33H,1-4H3. The van der Waals surface area contributed by atoms with Crippen LogP contribution in [0.1, 0.15) is 49.9 Å². The van der Waals surface area contributed by atoms with E-state index in [-0.39, 0.29) is 11.3 Å². The monoisotopic (exact) mass is 720 g/mol. The molecule has 2 aliphatic rings. The molecule has 0 radical (unpaired) electrons. The molecule has 4 heteroatoms. The van der Waals surface area contributed by atoms with Crippen LogP contribution in [-0.2, 0) is 5.41 Å². The van der Waals surface area contributed by atoms with Gasteiger partial charge >= 0.3 is 0 Å². The van der Waals surface area contributed by atoms with Crippen LogP contribution >= 0.6 is 0 Å². The lowest BCUT2D eigenvalue weighted by atomic mass is 9.80. The first-order valence-electron chi connectivity index (χ1n) is 19.6. The molecule has 1 unspecified atom stereocenters. The van der Waals surface area contributed by atoms with E-state index in [4.69, 9.17) is 9.98 Å². The maximum Gasteiger partial charge on any atom is 0.161 e. The smallest absolute Gasteiger partial charge is 0.161 e. The van der Waals surface area contributed by atoms with Crippen molar-refractivity contribution in [2.45, 2.75) is 33.1 Å². The van der Waals surface area contributed by atoms with Crippen LogP contribution in [0.4, 0.5) is 0 Å². The second kappa shape index (κ2) is 12.1. The van der Waals surface area contributed by atoms with Crippen LogP contribution in [0.2, 0.25) is 0 Å². The molecule has 11 rings (SSSR count). The molecule has 0 N–H and O–H groups in total. The topological polar surface area (TPSA) is 34.6 Å². The number of fused-ring (bicyclic) bond motifs is 10. The number of hydrogen-bond donors (Lipinski definition) is 0. The van der Waals surface area contributed by atoms with Crippen molar-refractivity contribution in [3.05, 3.63) is 192 Å². The Hall–Kier alpha value is -6.78. The van der Waals surface area contributed by atoms with E-state index in [0.29, 0.717) is 5.84 Å². The lowest BCUT2D eigenvalue weighted by Gasteiger charge is -2.22. The van der Waals surface area contributed by atoms with Gasteiger partial charge in [0.05, 0.1) is 27.8 Å². The van der Waals surface area contributed by atoms with Gasteiger partial charge in [0.15, 0.2) is 5.84 Å². The number of aromatic nitrogens is 2. The molecule has 268 valence electrons. The van der Waals surface area contributed by atoms with Crippen LogP contribution in [0, 0.1) is 5.92 Å². The molecule has 0 bridgehead atoms. The van der Waals surface area contributed by atoms with Crippen molar-refractivity contribution in [1.29, 1.82) is 0 Å². The van der Waals surface area contributed by atoms with Crippen LogP contribution in [0.3, 0.4) is 0 Å². The summed E-state index contributed by atoms with van der Waals surface area (Å²) < 4.78 is 4.80. The van der Waals surface area contributed by atoms with Crippen molar-refractivity contribution in [2.75, 3.05) is 0 Å². The van der Waals surface area contributed by atoms with Gasteiger partial charge in [-0.2, -0.15) is 0 Å². The summed E-state index contributed by atoms with van der Waals surface area (Å²) in [7, 11) is 0. The number of aliphatic imine (C=N–C) groups is 2. The molecule has 0 saturated heterocycles. The summed E-state index contributed by atoms with van der Waals surface area (Å²) in [6.07, 6.45) is 0. The van der Waals surface area contributed by atoms with Gasteiger partial charge < -0.3 is 4.57 Å². The lowest BCUT2D eigenvalue weighted by molar-refractivity contribution is 0.666. The molecule has 7 aromatic carbocycles. The quantitative estimate of drug-likeness (QED) is 0.174. The highest BCUT2D eigenvalue weighted by atomic mass is 15.1. The summed E-state index contributed by atoms with van der Waals surface area (Å²) in [5.74, 6) is 1.65. The van der Waals surface area contributed by atoms with Gasteiger partial charge in [-0.05, 0) is 71.1 Å². The summed E-state index contributed by atoms with van der Waals surface area (Å²) in [5, 5.41) is 5.03. The van der Waals surface area contributed by atoms with Gasteiger partial charge in [0.2, 0.25) is 0 Å². The van der Waals surface area contributed by atoms with E-state index < -0.39 is 0 Å². The van der Waals surface area contributed by atoms with Crippen LogP contribution in [0.5, 0.6) is 0 Å². The summed E-state index contributed by atoms with van der Waals surface area (Å²) in [6.45, 7) is 9.24. The zero-order chi connectivity index (χ0) is 37.7. The first kappa shape index (κ1) is 32.6. The molecule has 1 atom stereocenters. The largest absolute Gasteiger partial charge is 0.309 e. The van der Waals surface area contributed by atoms with E-state index in [1.165, 1.54) is 60.4 Å². The SMILES string of the molecule is CC1=C(c2ccccc2)N=C(c2cccc(-n3c4ccccc4c4c5c(ccc43)-c3ccccc3C5(C)C)c2)N=C(n2c3ccccc3c3ccccc32)C1C. The molecule has 56 heavy (non-hydrogen) atoms. The summed E-state index contributed by atoms with van der Waals surface area (Å²) in [4.78, 5) is 11.1. The normalized spacial score (nSPS) is 16.3.